The van der Waals surface area contributed by atoms with E-state index in [-0.39, 0.29) is 5.78 Å². The van der Waals surface area contributed by atoms with Crippen LogP contribution in [0.5, 0.6) is 17.2 Å². The van der Waals surface area contributed by atoms with E-state index in [1.54, 1.807) is 20.5 Å². The molecule has 4 aromatic carbocycles. The number of fused-ring (bicyclic) bond motifs is 2. The Kier molecular flexibility index (Phi) is 5.97. The van der Waals surface area contributed by atoms with Crippen LogP contribution in [-0.4, -0.2) is 20.0 Å². The lowest BCUT2D eigenvalue weighted by molar-refractivity contribution is 0.0963. The molecule has 5 aromatic rings. The number of ether oxygens (including phenoxy) is 3. The van der Waals surface area contributed by atoms with Gasteiger partial charge in [-0.3, -0.25) is 4.79 Å². The average Bonchev–Trinajstić information content (AvgIpc) is 3.40. The summed E-state index contributed by atoms with van der Waals surface area (Å²) in [6.45, 7) is 1.94. The molecule has 0 spiro atoms. The zero-order chi connectivity index (χ0) is 26.2. The SMILES string of the molecule is COc1ccc(/C=C2/C(=O)c3cc4c(-c5ccccc5)coc4c(C)c3OC2c2ccc(OC)cc2)cc1. The minimum atomic E-state index is -0.595. The lowest BCUT2D eigenvalue weighted by atomic mass is 9.87. The highest BCUT2D eigenvalue weighted by molar-refractivity contribution is 6.17. The minimum absolute atomic E-state index is 0.0758. The van der Waals surface area contributed by atoms with E-state index in [4.69, 9.17) is 18.6 Å². The Morgan fingerprint density at radius 3 is 2.13 bits per heavy atom. The summed E-state index contributed by atoms with van der Waals surface area (Å²) < 4.78 is 23.3. The number of ketones is 1. The summed E-state index contributed by atoms with van der Waals surface area (Å²) in [5, 5.41) is 0.885. The molecule has 0 bridgehead atoms. The summed E-state index contributed by atoms with van der Waals surface area (Å²) in [7, 11) is 3.26. The van der Waals surface area contributed by atoms with Crippen LogP contribution in [0.3, 0.4) is 0 Å². The van der Waals surface area contributed by atoms with Gasteiger partial charge in [-0.2, -0.15) is 0 Å². The molecule has 0 radical (unpaired) electrons. The van der Waals surface area contributed by atoms with Gasteiger partial charge in [0.2, 0.25) is 0 Å². The molecule has 1 atom stereocenters. The molecule has 0 fully saturated rings. The van der Waals surface area contributed by atoms with Crippen molar-refractivity contribution in [1.82, 2.24) is 0 Å². The first-order chi connectivity index (χ1) is 18.6. The molecule has 0 N–H and O–H groups in total. The smallest absolute Gasteiger partial charge is 0.196 e. The number of aryl methyl sites for hydroxylation is 1. The molecule has 5 heteroatoms. The molecule has 38 heavy (non-hydrogen) atoms. The summed E-state index contributed by atoms with van der Waals surface area (Å²) in [5.41, 5.74) is 6.30. The van der Waals surface area contributed by atoms with Crippen LogP contribution in [0.4, 0.5) is 0 Å². The molecule has 5 nitrogen and oxygen atoms in total. The van der Waals surface area contributed by atoms with Crippen LogP contribution in [-0.2, 0) is 0 Å². The van der Waals surface area contributed by atoms with E-state index in [1.165, 1.54) is 0 Å². The quantitative estimate of drug-likeness (QED) is 0.229. The fraction of sp³-hybridized carbons (Fsp3) is 0.121. The van der Waals surface area contributed by atoms with Gasteiger partial charge in [0.15, 0.2) is 11.9 Å². The number of rotatable bonds is 5. The number of methoxy groups -OCH3 is 2. The van der Waals surface area contributed by atoms with E-state index in [0.29, 0.717) is 22.5 Å². The van der Waals surface area contributed by atoms with Gasteiger partial charge in [0.1, 0.15) is 22.8 Å². The lowest BCUT2D eigenvalue weighted by Crippen LogP contribution is -2.24. The van der Waals surface area contributed by atoms with Gasteiger partial charge in [-0.25, -0.2) is 0 Å². The van der Waals surface area contributed by atoms with Crippen LogP contribution >= 0.6 is 0 Å². The van der Waals surface area contributed by atoms with Crippen molar-refractivity contribution in [2.45, 2.75) is 13.0 Å². The van der Waals surface area contributed by atoms with Crippen LogP contribution < -0.4 is 14.2 Å². The van der Waals surface area contributed by atoms with Crippen molar-refractivity contribution in [3.63, 3.8) is 0 Å². The number of carbonyl (C=O) groups excluding carboxylic acids is 1. The summed E-state index contributed by atoms with van der Waals surface area (Å²) in [6, 6.07) is 27.1. The molecule has 1 unspecified atom stereocenters. The zero-order valence-corrected chi connectivity index (χ0v) is 21.4. The predicted octanol–water partition coefficient (Wildman–Crippen LogP) is 7.83. The maximum Gasteiger partial charge on any atom is 0.196 e. The molecule has 0 saturated heterocycles. The first-order valence-corrected chi connectivity index (χ1v) is 12.4. The Hall–Kier alpha value is -4.77. The lowest BCUT2D eigenvalue weighted by Gasteiger charge is -2.29. The van der Waals surface area contributed by atoms with Gasteiger partial charge in [0.25, 0.3) is 0 Å². The van der Waals surface area contributed by atoms with Crippen molar-refractivity contribution in [3.05, 3.63) is 119 Å². The van der Waals surface area contributed by atoms with Crippen LogP contribution in [0, 0.1) is 6.92 Å². The molecule has 0 saturated carbocycles. The number of furan rings is 1. The monoisotopic (exact) mass is 502 g/mol. The third kappa shape index (κ3) is 4.02. The molecule has 188 valence electrons. The van der Waals surface area contributed by atoms with Gasteiger partial charge in [-0.1, -0.05) is 54.6 Å². The Balaban J connectivity index is 1.53. The van der Waals surface area contributed by atoms with Crippen LogP contribution in [0.25, 0.3) is 28.2 Å². The van der Waals surface area contributed by atoms with Crippen molar-refractivity contribution in [1.29, 1.82) is 0 Å². The topological polar surface area (TPSA) is 57.9 Å². The fourth-order valence-electron chi connectivity index (χ4n) is 4.98. The second-order valence-corrected chi connectivity index (χ2v) is 9.24. The van der Waals surface area contributed by atoms with Crippen molar-refractivity contribution >= 4 is 22.8 Å². The van der Waals surface area contributed by atoms with Gasteiger partial charge in [0.05, 0.1) is 26.0 Å². The number of benzene rings is 4. The minimum Gasteiger partial charge on any atom is -0.497 e. The molecule has 0 aliphatic carbocycles. The van der Waals surface area contributed by atoms with Crippen LogP contribution in [0.1, 0.15) is 33.2 Å². The zero-order valence-electron chi connectivity index (χ0n) is 21.4. The second kappa shape index (κ2) is 9.60. The molecule has 1 aliphatic rings. The van der Waals surface area contributed by atoms with E-state index < -0.39 is 6.10 Å². The molecule has 1 aliphatic heterocycles. The Morgan fingerprint density at radius 2 is 1.47 bits per heavy atom. The van der Waals surface area contributed by atoms with Crippen molar-refractivity contribution < 1.29 is 23.4 Å². The molecule has 2 heterocycles. The first kappa shape index (κ1) is 23.6. The van der Waals surface area contributed by atoms with E-state index in [0.717, 1.165) is 44.7 Å². The standard InChI is InChI=1S/C33H26O5/c1-20-31-26(29(19-37-31)22-7-5-4-6-8-22)18-28-30(34)27(17-21-9-13-24(35-2)14-10-21)33(38-32(20)28)23-11-15-25(36-3)16-12-23/h4-19,33H,1-3H3/b27-17-. The third-order valence-corrected chi connectivity index (χ3v) is 7.01. The maximum absolute atomic E-state index is 14.2. The van der Waals surface area contributed by atoms with Gasteiger partial charge in [-0.15, -0.1) is 0 Å². The Morgan fingerprint density at radius 1 is 0.816 bits per heavy atom. The molecule has 6 rings (SSSR count). The molecule has 1 aromatic heterocycles. The summed E-state index contributed by atoms with van der Waals surface area (Å²) >= 11 is 0. The normalized spacial score (nSPS) is 15.8. The number of hydrogen-bond acceptors (Lipinski definition) is 5. The summed E-state index contributed by atoms with van der Waals surface area (Å²) in [5.74, 6) is 1.96. The number of Topliss-reactive ketones (excluding diaryl/α,β-unsaturated/α-hetero) is 1. The summed E-state index contributed by atoms with van der Waals surface area (Å²) in [6.07, 6.45) is 3.05. The Labute approximate surface area is 220 Å². The predicted molar refractivity (Wildman–Crippen MR) is 148 cm³/mol. The second-order valence-electron chi connectivity index (χ2n) is 9.24. The van der Waals surface area contributed by atoms with E-state index in [2.05, 4.69) is 0 Å². The van der Waals surface area contributed by atoms with Gasteiger partial charge in [0, 0.05) is 22.1 Å². The van der Waals surface area contributed by atoms with Crippen LogP contribution in [0.15, 0.2) is 101 Å². The highest BCUT2D eigenvalue weighted by Gasteiger charge is 2.35. The van der Waals surface area contributed by atoms with Crippen LogP contribution in [0.2, 0.25) is 0 Å². The van der Waals surface area contributed by atoms with Gasteiger partial charge in [-0.05, 0) is 60.0 Å². The van der Waals surface area contributed by atoms with E-state index in [9.17, 15) is 4.79 Å². The first-order valence-electron chi connectivity index (χ1n) is 12.4. The summed E-state index contributed by atoms with van der Waals surface area (Å²) in [4.78, 5) is 14.2. The number of hydrogen-bond donors (Lipinski definition) is 0. The third-order valence-electron chi connectivity index (χ3n) is 7.01. The van der Waals surface area contributed by atoms with E-state index >= 15 is 0 Å². The highest BCUT2D eigenvalue weighted by Crippen LogP contribution is 2.46. The molecular weight excluding hydrogens is 476 g/mol. The fourth-order valence-corrected chi connectivity index (χ4v) is 4.98. The molecule has 0 amide bonds. The van der Waals surface area contributed by atoms with Gasteiger partial charge >= 0.3 is 0 Å². The number of carbonyl (C=O) groups is 1. The van der Waals surface area contributed by atoms with E-state index in [1.807, 2.05) is 97.9 Å². The van der Waals surface area contributed by atoms with Crippen molar-refractivity contribution in [2.75, 3.05) is 14.2 Å². The largest absolute Gasteiger partial charge is 0.497 e. The average molecular weight is 503 g/mol. The Bertz CT molecular complexity index is 1660. The van der Waals surface area contributed by atoms with Gasteiger partial charge < -0.3 is 18.6 Å². The molecular formula is C33H26O5. The maximum atomic E-state index is 14.2. The van der Waals surface area contributed by atoms with Crippen molar-refractivity contribution in [2.24, 2.45) is 0 Å². The highest BCUT2D eigenvalue weighted by atomic mass is 16.5. The van der Waals surface area contributed by atoms with Crippen molar-refractivity contribution in [3.8, 4) is 28.4 Å².